The number of carbonyl (C=O) groups excluding carboxylic acids is 2. The van der Waals surface area contributed by atoms with E-state index in [-0.39, 0.29) is 11.9 Å². The average Bonchev–Trinajstić information content (AvgIpc) is 3.37. The van der Waals surface area contributed by atoms with Crippen LogP contribution in [0.2, 0.25) is 5.02 Å². The van der Waals surface area contributed by atoms with Crippen molar-refractivity contribution in [3.05, 3.63) is 70.7 Å². The maximum absolute atomic E-state index is 12.4. The Morgan fingerprint density at radius 1 is 1.09 bits per heavy atom. The van der Waals surface area contributed by atoms with Crippen LogP contribution >= 0.6 is 11.6 Å². The summed E-state index contributed by atoms with van der Waals surface area (Å²) >= 11 is 5.90. The zero-order valence-corrected chi connectivity index (χ0v) is 13.1. The lowest BCUT2D eigenvalue weighted by Crippen LogP contribution is -2.33. The van der Waals surface area contributed by atoms with E-state index < -0.39 is 12.1 Å². The molecule has 0 radical (unpaired) electrons. The number of nitrogens with one attached hydrogen (secondary N) is 1. The Morgan fingerprint density at radius 3 is 2.48 bits per heavy atom. The molecule has 0 spiro atoms. The van der Waals surface area contributed by atoms with Gasteiger partial charge in [0.2, 0.25) is 6.10 Å². The Hall–Kier alpha value is -2.33. The third kappa shape index (κ3) is 4.11. The number of hydrogen-bond acceptors (Lipinski definition) is 3. The van der Waals surface area contributed by atoms with Crippen LogP contribution in [-0.2, 0) is 9.53 Å². The van der Waals surface area contributed by atoms with Crippen LogP contribution in [0.3, 0.4) is 0 Å². The van der Waals surface area contributed by atoms with Crippen molar-refractivity contribution in [2.75, 3.05) is 0 Å². The summed E-state index contributed by atoms with van der Waals surface area (Å²) in [5.74, 6) is -0.874. The van der Waals surface area contributed by atoms with Crippen LogP contribution in [0.1, 0.15) is 34.9 Å². The molecule has 0 aliphatic heterocycles. The van der Waals surface area contributed by atoms with Crippen molar-refractivity contribution < 1.29 is 14.3 Å². The van der Waals surface area contributed by atoms with E-state index in [1.54, 1.807) is 42.5 Å². The second kappa shape index (κ2) is 6.84. The molecule has 1 aliphatic rings. The van der Waals surface area contributed by atoms with Gasteiger partial charge in [0, 0.05) is 16.6 Å². The third-order valence-corrected chi connectivity index (χ3v) is 3.78. The zero-order valence-electron chi connectivity index (χ0n) is 12.4. The van der Waals surface area contributed by atoms with E-state index in [9.17, 15) is 9.59 Å². The van der Waals surface area contributed by atoms with Crippen molar-refractivity contribution >= 4 is 23.5 Å². The average molecular weight is 330 g/mol. The van der Waals surface area contributed by atoms with Crippen molar-refractivity contribution in [1.29, 1.82) is 0 Å². The minimum absolute atomic E-state index is 0.193. The zero-order chi connectivity index (χ0) is 16.2. The monoisotopic (exact) mass is 329 g/mol. The number of rotatable bonds is 5. The summed E-state index contributed by atoms with van der Waals surface area (Å²) in [5.41, 5.74) is 0.957. The van der Waals surface area contributed by atoms with Crippen molar-refractivity contribution in [1.82, 2.24) is 5.32 Å². The highest BCUT2D eigenvalue weighted by molar-refractivity contribution is 6.30. The molecule has 1 aliphatic carbocycles. The third-order valence-electron chi connectivity index (χ3n) is 3.55. The fourth-order valence-corrected chi connectivity index (χ4v) is 2.39. The van der Waals surface area contributed by atoms with Gasteiger partial charge < -0.3 is 10.1 Å². The van der Waals surface area contributed by atoms with Gasteiger partial charge in [-0.2, -0.15) is 0 Å². The van der Waals surface area contributed by atoms with Gasteiger partial charge in [-0.25, -0.2) is 4.79 Å². The number of ether oxygens (including phenoxy) is 1. The molecule has 0 heterocycles. The van der Waals surface area contributed by atoms with Crippen molar-refractivity contribution in [3.63, 3.8) is 0 Å². The molecular weight excluding hydrogens is 314 g/mol. The van der Waals surface area contributed by atoms with Crippen LogP contribution in [-0.4, -0.2) is 17.9 Å². The van der Waals surface area contributed by atoms with Crippen LogP contribution in [0.25, 0.3) is 0 Å². The number of hydrogen-bond donors (Lipinski definition) is 1. The van der Waals surface area contributed by atoms with E-state index in [4.69, 9.17) is 16.3 Å². The molecule has 1 atom stereocenters. The summed E-state index contributed by atoms with van der Waals surface area (Å²) in [5, 5.41) is 3.32. The lowest BCUT2D eigenvalue weighted by atomic mass is 10.1. The number of halogens is 1. The molecule has 1 fully saturated rings. The Balaban J connectivity index is 1.80. The normalized spacial score (nSPS) is 14.8. The smallest absolute Gasteiger partial charge is 0.339 e. The molecule has 0 aromatic heterocycles. The topological polar surface area (TPSA) is 55.4 Å². The fourth-order valence-electron chi connectivity index (χ4n) is 2.20. The first-order chi connectivity index (χ1) is 11.1. The molecule has 5 heteroatoms. The predicted molar refractivity (Wildman–Crippen MR) is 87.2 cm³/mol. The molecule has 2 aromatic carbocycles. The summed E-state index contributed by atoms with van der Waals surface area (Å²) in [6, 6.07) is 15.6. The summed E-state index contributed by atoms with van der Waals surface area (Å²) < 4.78 is 5.46. The molecular formula is C18H16ClNO3. The van der Waals surface area contributed by atoms with Gasteiger partial charge in [0.15, 0.2) is 0 Å². The quantitative estimate of drug-likeness (QED) is 0.854. The van der Waals surface area contributed by atoms with Crippen LogP contribution in [0, 0.1) is 0 Å². The second-order valence-electron chi connectivity index (χ2n) is 5.49. The van der Waals surface area contributed by atoms with Crippen LogP contribution < -0.4 is 5.32 Å². The van der Waals surface area contributed by atoms with E-state index in [1.807, 2.05) is 6.07 Å². The van der Waals surface area contributed by atoms with E-state index in [0.29, 0.717) is 16.1 Å². The lowest BCUT2D eigenvalue weighted by Gasteiger charge is -2.18. The Kier molecular flexibility index (Phi) is 4.63. The SMILES string of the molecule is O=C(O[C@H](C(=O)NC1CC1)c1ccccc1)c1cccc(Cl)c1. The van der Waals surface area contributed by atoms with E-state index in [1.165, 1.54) is 6.07 Å². The number of benzene rings is 2. The van der Waals surface area contributed by atoms with Crippen molar-refractivity contribution in [2.45, 2.75) is 25.0 Å². The summed E-state index contributed by atoms with van der Waals surface area (Å²) in [6.07, 6.45) is 0.966. The molecule has 118 valence electrons. The molecule has 0 unspecified atom stereocenters. The predicted octanol–water partition coefficient (Wildman–Crippen LogP) is 3.52. The van der Waals surface area contributed by atoms with Gasteiger partial charge in [-0.05, 0) is 31.0 Å². The van der Waals surface area contributed by atoms with Gasteiger partial charge in [-0.3, -0.25) is 4.79 Å². The maximum atomic E-state index is 12.4. The molecule has 4 nitrogen and oxygen atoms in total. The fraction of sp³-hybridized carbons (Fsp3) is 0.222. The lowest BCUT2D eigenvalue weighted by molar-refractivity contribution is -0.130. The maximum Gasteiger partial charge on any atom is 0.339 e. The Labute approximate surface area is 139 Å². The van der Waals surface area contributed by atoms with Crippen LogP contribution in [0.5, 0.6) is 0 Å². The highest BCUT2D eigenvalue weighted by atomic mass is 35.5. The highest BCUT2D eigenvalue weighted by Crippen LogP contribution is 2.24. The molecule has 0 bridgehead atoms. The first kappa shape index (κ1) is 15.6. The van der Waals surface area contributed by atoms with E-state index in [2.05, 4.69) is 5.32 Å². The molecule has 1 amide bonds. The van der Waals surface area contributed by atoms with Crippen molar-refractivity contribution in [3.8, 4) is 0 Å². The van der Waals surface area contributed by atoms with Gasteiger partial charge in [0.05, 0.1) is 5.56 Å². The summed E-state index contributed by atoms with van der Waals surface area (Å²) in [6.45, 7) is 0. The number of amides is 1. The van der Waals surface area contributed by atoms with Crippen LogP contribution in [0.4, 0.5) is 0 Å². The van der Waals surface area contributed by atoms with Crippen molar-refractivity contribution in [2.24, 2.45) is 0 Å². The van der Waals surface area contributed by atoms with E-state index in [0.717, 1.165) is 12.8 Å². The first-order valence-electron chi connectivity index (χ1n) is 7.45. The number of carbonyl (C=O) groups is 2. The van der Waals surface area contributed by atoms with Gasteiger partial charge in [0.25, 0.3) is 5.91 Å². The summed E-state index contributed by atoms with van der Waals surface area (Å²) in [7, 11) is 0. The highest BCUT2D eigenvalue weighted by Gasteiger charge is 2.31. The second-order valence-corrected chi connectivity index (χ2v) is 5.93. The van der Waals surface area contributed by atoms with Gasteiger partial charge in [-0.15, -0.1) is 0 Å². The first-order valence-corrected chi connectivity index (χ1v) is 7.83. The molecule has 3 rings (SSSR count). The van der Waals surface area contributed by atoms with Gasteiger partial charge in [-0.1, -0.05) is 48.0 Å². The summed E-state index contributed by atoms with van der Waals surface area (Å²) in [4.78, 5) is 24.7. The Morgan fingerprint density at radius 2 is 1.83 bits per heavy atom. The standard InChI is InChI=1S/C18H16ClNO3/c19-14-8-4-7-13(11-14)18(22)23-16(12-5-2-1-3-6-12)17(21)20-15-9-10-15/h1-8,11,15-16H,9-10H2,(H,20,21)/t16-/m0/s1. The van der Waals surface area contributed by atoms with Gasteiger partial charge in [0.1, 0.15) is 0 Å². The van der Waals surface area contributed by atoms with Crippen LogP contribution in [0.15, 0.2) is 54.6 Å². The van der Waals surface area contributed by atoms with Gasteiger partial charge >= 0.3 is 5.97 Å². The largest absolute Gasteiger partial charge is 0.444 e. The molecule has 1 saturated carbocycles. The molecule has 2 aromatic rings. The van der Waals surface area contributed by atoms with E-state index >= 15 is 0 Å². The number of esters is 1. The minimum Gasteiger partial charge on any atom is -0.444 e. The Bertz CT molecular complexity index is 713. The minimum atomic E-state index is -0.969. The molecule has 1 N–H and O–H groups in total. The molecule has 0 saturated heterocycles. The molecule has 23 heavy (non-hydrogen) atoms.